The summed E-state index contributed by atoms with van der Waals surface area (Å²) in [5, 5.41) is 4.31. The molecular formula is C22H19N3O4. The van der Waals surface area contributed by atoms with Gasteiger partial charge in [-0.05, 0) is 31.2 Å². The lowest BCUT2D eigenvalue weighted by molar-refractivity contribution is 0.0456. The summed E-state index contributed by atoms with van der Waals surface area (Å²) in [5.41, 5.74) is 2.32. The molecule has 0 radical (unpaired) electrons. The predicted octanol–water partition coefficient (Wildman–Crippen LogP) is 4.20. The molecule has 0 aliphatic heterocycles. The number of esters is 1. The molecule has 2 aromatic carbocycles. The first kappa shape index (κ1) is 18.5. The van der Waals surface area contributed by atoms with E-state index >= 15 is 0 Å². The summed E-state index contributed by atoms with van der Waals surface area (Å²) in [5.74, 6) is 0.819. The van der Waals surface area contributed by atoms with Crippen molar-refractivity contribution in [2.75, 3.05) is 7.11 Å². The third kappa shape index (κ3) is 3.89. The number of carbonyl (C=O) groups excluding carboxylic acids is 1. The fourth-order valence-corrected chi connectivity index (χ4v) is 2.83. The maximum Gasteiger partial charge on any atom is 0.363 e. The Morgan fingerprint density at radius 3 is 2.45 bits per heavy atom. The molecule has 0 aliphatic rings. The zero-order valence-electron chi connectivity index (χ0n) is 16.0. The Hall–Kier alpha value is -3.87. The van der Waals surface area contributed by atoms with Crippen molar-refractivity contribution in [3.63, 3.8) is 0 Å². The average Bonchev–Trinajstić information content (AvgIpc) is 3.37. The van der Waals surface area contributed by atoms with E-state index in [0.717, 1.165) is 11.3 Å². The highest BCUT2D eigenvalue weighted by Gasteiger charge is 2.21. The van der Waals surface area contributed by atoms with Crippen LogP contribution in [0.4, 0.5) is 0 Å². The molecule has 0 amide bonds. The minimum absolute atomic E-state index is 0.0254. The van der Waals surface area contributed by atoms with Gasteiger partial charge in [0.1, 0.15) is 18.1 Å². The van der Waals surface area contributed by atoms with Crippen LogP contribution in [-0.2, 0) is 11.3 Å². The van der Waals surface area contributed by atoms with E-state index in [4.69, 9.17) is 13.9 Å². The third-order valence-corrected chi connectivity index (χ3v) is 4.37. The number of benzene rings is 2. The Morgan fingerprint density at radius 2 is 1.76 bits per heavy atom. The van der Waals surface area contributed by atoms with E-state index in [1.54, 1.807) is 17.8 Å². The summed E-state index contributed by atoms with van der Waals surface area (Å²) in [6.45, 7) is 1.76. The van der Waals surface area contributed by atoms with Gasteiger partial charge in [0.05, 0.1) is 19.0 Å². The molecule has 7 heteroatoms. The number of hydrogen-bond donors (Lipinski definition) is 0. The van der Waals surface area contributed by atoms with Gasteiger partial charge in [-0.25, -0.2) is 14.5 Å². The second kappa shape index (κ2) is 8.02. The number of aromatic nitrogens is 3. The van der Waals surface area contributed by atoms with Crippen molar-refractivity contribution in [2.24, 2.45) is 0 Å². The fraction of sp³-hybridized carbons (Fsp3) is 0.136. The van der Waals surface area contributed by atoms with E-state index in [9.17, 15) is 4.79 Å². The molecule has 0 bridgehead atoms. The molecule has 2 aromatic heterocycles. The molecule has 0 N–H and O–H groups in total. The van der Waals surface area contributed by atoms with Gasteiger partial charge in [0.2, 0.25) is 11.6 Å². The topological polar surface area (TPSA) is 79.4 Å². The highest BCUT2D eigenvalue weighted by Crippen LogP contribution is 2.23. The van der Waals surface area contributed by atoms with Crippen LogP contribution >= 0.6 is 0 Å². The number of para-hydroxylation sites is 1. The van der Waals surface area contributed by atoms with Crippen LogP contribution in [0.5, 0.6) is 5.75 Å². The number of methoxy groups -OCH3 is 1. The van der Waals surface area contributed by atoms with Crippen molar-refractivity contribution < 1.29 is 18.7 Å². The van der Waals surface area contributed by atoms with Gasteiger partial charge in [0.15, 0.2) is 5.75 Å². The lowest BCUT2D eigenvalue weighted by atomic mass is 10.2. The molecule has 4 aromatic rings. The van der Waals surface area contributed by atoms with E-state index < -0.39 is 5.97 Å². The molecule has 4 rings (SSSR count). The molecule has 0 fully saturated rings. The van der Waals surface area contributed by atoms with E-state index in [2.05, 4.69) is 10.1 Å². The van der Waals surface area contributed by atoms with Crippen LogP contribution in [-0.4, -0.2) is 27.8 Å². The van der Waals surface area contributed by atoms with Crippen LogP contribution in [0.2, 0.25) is 0 Å². The zero-order valence-corrected chi connectivity index (χ0v) is 16.0. The van der Waals surface area contributed by atoms with E-state index in [1.807, 2.05) is 60.7 Å². The van der Waals surface area contributed by atoms with Gasteiger partial charge in [0.25, 0.3) is 0 Å². The van der Waals surface area contributed by atoms with Crippen molar-refractivity contribution in [2.45, 2.75) is 13.5 Å². The maximum atomic E-state index is 12.6. The van der Waals surface area contributed by atoms with Gasteiger partial charge in [-0.15, -0.1) is 0 Å². The fourth-order valence-electron chi connectivity index (χ4n) is 2.83. The molecular weight excluding hydrogens is 370 g/mol. The van der Waals surface area contributed by atoms with Crippen molar-refractivity contribution >= 4 is 5.97 Å². The van der Waals surface area contributed by atoms with Crippen molar-refractivity contribution in [3.8, 4) is 22.9 Å². The van der Waals surface area contributed by atoms with Crippen LogP contribution in [0.3, 0.4) is 0 Å². The highest BCUT2D eigenvalue weighted by atomic mass is 16.5. The largest absolute Gasteiger partial charge is 0.493 e. The number of aryl methyl sites for hydroxylation is 1. The standard InChI is InChI=1S/C22H19N3O4/c1-15-18(23-21(29-15)16-9-5-3-6-10-16)14-28-22(26)20-19(27-2)13-25(24-20)17-11-7-4-8-12-17/h3-13H,14H2,1-2H3. The normalized spacial score (nSPS) is 10.7. The number of carbonyl (C=O) groups is 1. The van der Waals surface area contributed by atoms with Gasteiger partial charge >= 0.3 is 5.97 Å². The molecule has 0 spiro atoms. The molecule has 2 heterocycles. The smallest absolute Gasteiger partial charge is 0.363 e. The van der Waals surface area contributed by atoms with Crippen LogP contribution in [0, 0.1) is 6.92 Å². The van der Waals surface area contributed by atoms with Crippen LogP contribution in [0.1, 0.15) is 21.9 Å². The zero-order chi connectivity index (χ0) is 20.2. The Morgan fingerprint density at radius 1 is 1.07 bits per heavy atom. The number of ether oxygens (including phenoxy) is 2. The second-order valence-electron chi connectivity index (χ2n) is 6.29. The summed E-state index contributed by atoms with van der Waals surface area (Å²) in [4.78, 5) is 17.0. The highest BCUT2D eigenvalue weighted by molar-refractivity contribution is 5.90. The van der Waals surface area contributed by atoms with Crippen molar-refractivity contribution in [3.05, 3.63) is 84.0 Å². The number of rotatable bonds is 6. The summed E-state index contributed by atoms with van der Waals surface area (Å²) < 4.78 is 18.0. The Labute approximate surface area is 167 Å². The molecule has 0 saturated heterocycles. The van der Waals surface area contributed by atoms with Gasteiger partial charge < -0.3 is 13.9 Å². The molecule has 29 heavy (non-hydrogen) atoms. The lowest BCUT2D eigenvalue weighted by Crippen LogP contribution is -2.09. The first-order chi connectivity index (χ1) is 14.2. The SMILES string of the molecule is COc1cn(-c2ccccc2)nc1C(=O)OCc1nc(-c2ccccc2)oc1C. The Kier molecular flexibility index (Phi) is 5.11. The van der Waals surface area contributed by atoms with Gasteiger partial charge in [0, 0.05) is 5.56 Å². The minimum Gasteiger partial charge on any atom is -0.493 e. The summed E-state index contributed by atoms with van der Waals surface area (Å²) >= 11 is 0. The van der Waals surface area contributed by atoms with Gasteiger partial charge in [-0.1, -0.05) is 36.4 Å². The van der Waals surface area contributed by atoms with E-state index in [-0.39, 0.29) is 12.3 Å². The van der Waals surface area contributed by atoms with Crippen LogP contribution < -0.4 is 4.74 Å². The average molecular weight is 389 g/mol. The predicted molar refractivity (Wildman–Crippen MR) is 106 cm³/mol. The minimum atomic E-state index is -0.597. The molecule has 0 saturated carbocycles. The first-order valence-electron chi connectivity index (χ1n) is 9.03. The third-order valence-electron chi connectivity index (χ3n) is 4.37. The molecule has 146 valence electrons. The monoisotopic (exact) mass is 389 g/mol. The Bertz CT molecular complexity index is 1120. The quantitative estimate of drug-likeness (QED) is 0.460. The number of hydrogen-bond acceptors (Lipinski definition) is 6. The first-order valence-corrected chi connectivity index (χ1v) is 9.03. The molecule has 0 atom stereocenters. The van der Waals surface area contributed by atoms with Crippen LogP contribution in [0.25, 0.3) is 17.1 Å². The summed E-state index contributed by atoms with van der Waals surface area (Å²) in [6.07, 6.45) is 1.64. The van der Waals surface area contributed by atoms with E-state index in [1.165, 1.54) is 7.11 Å². The number of oxazole rings is 1. The Balaban J connectivity index is 1.51. The van der Waals surface area contributed by atoms with Crippen molar-refractivity contribution in [1.29, 1.82) is 0 Å². The van der Waals surface area contributed by atoms with Crippen LogP contribution in [0.15, 0.2) is 71.3 Å². The molecule has 7 nitrogen and oxygen atoms in total. The van der Waals surface area contributed by atoms with Crippen molar-refractivity contribution in [1.82, 2.24) is 14.8 Å². The van der Waals surface area contributed by atoms with Gasteiger partial charge in [-0.2, -0.15) is 5.10 Å². The second-order valence-corrected chi connectivity index (χ2v) is 6.29. The maximum absolute atomic E-state index is 12.6. The molecule has 0 unspecified atom stereocenters. The van der Waals surface area contributed by atoms with Gasteiger partial charge in [-0.3, -0.25) is 0 Å². The lowest BCUT2D eigenvalue weighted by Gasteiger charge is -2.02. The molecule has 0 aliphatic carbocycles. The number of nitrogens with zero attached hydrogens (tertiary/aromatic N) is 3. The summed E-state index contributed by atoms with van der Waals surface area (Å²) in [7, 11) is 1.48. The van der Waals surface area contributed by atoms with E-state index in [0.29, 0.717) is 23.1 Å². The summed E-state index contributed by atoms with van der Waals surface area (Å²) in [6, 6.07) is 19.0.